The van der Waals surface area contributed by atoms with E-state index in [-0.39, 0.29) is 28.1 Å². The lowest BCUT2D eigenvalue weighted by Gasteiger charge is -2.33. The Labute approximate surface area is 239 Å². The van der Waals surface area contributed by atoms with Crippen molar-refractivity contribution >= 4 is 50.7 Å². The molecule has 2 amide bonds. The third kappa shape index (κ3) is 7.03. The Morgan fingerprint density at radius 3 is 2.23 bits per heavy atom. The van der Waals surface area contributed by atoms with Gasteiger partial charge in [0, 0.05) is 18.6 Å². The number of amides is 2. The van der Waals surface area contributed by atoms with Crippen LogP contribution in [-0.4, -0.2) is 51.9 Å². The Morgan fingerprint density at radius 1 is 1.00 bits per heavy atom. The van der Waals surface area contributed by atoms with Crippen molar-refractivity contribution in [3.05, 3.63) is 87.9 Å². The molecule has 0 saturated heterocycles. The molecule has 0 aliphatic carbocycles. The molecule has 0 heterocycles. The van der Waals surface area contributed by atoms with Crippen molar-refractivity contribution in [2.45, 2.75) is 37.8 Å². The molecule has 8 nitrogen and oxygen atoms in total. The van der Waals surface area contributed by atoms with Crippen molar-refractivity contribution in [1.82, 2.24) is 10.2 Å². The first-order chi connectivity index (χ1) is 18.5. The van der Waals surface area contributed by atoms with Gasteiger partial charge in [0.25, 0.3) is 10.0 Å². The zero-order chi connectivity index (χ0) is 28.7. The average molecular weight is 593 g/mol. The maximum atomic E-state index is 13.9. The average Bonchev–Trinajstić information content (AvgIpc) is 2.92. The number of ether oxygens (including phenoxy) is 1. The van der Waals surface area contributed by atoms with Gasteiger partial charge in [-0.05, 0) is 55.3 Å². The van der Waals surface area contributed by atoms with E-state index < -0.39 is 28.5 Å². The maximum absolute atomic E-state index is 13.9. The highest BCUT2D eigenvalue weighted by Crippen LogP contribution is 2.32. The van der Waals surface area contributed by atoms with Crippen LogP contribution in [0.15, 0.2) is 71.6 Å². The summed E-state index contributed by atoms with van der Waals surface area (Å²) >= 11 is 12.7. The Hall–Kier alpha value is -3.27. The summed E-state index contributed by atoms with van der Waals surface area (Å²) in [6.45, 7) is 3.04. The highest BCUT2D eigenvalue weighted by Gasteiger charge is 2.34. The number of methoxy groups -OCH3 is 1. The fourth-order valence-electron chi connectivity index (χ4n) is 4.07. The van der Waals surface area contributed by atoms with Crippen molar-refractivity contribution in [3.63, 3.8) is 0 Å². The lowest BCUT2D eigenvalue weighted by atomic mass is 10.1. The van der Waals surface area contributed by atoms with Crippen molar-refractivity contribution in [1.29, 1.82) is 0 Å². The summed E-state index contributed by atoms with van der Waals surface area (Å²) in [6, 6.07) is 16.9. The van der Waals surface area contributed by atoms with Gasteiger partial charge in [-0.2, -0.15) is 0 Å². The van der Waals surface area contributed by atoms with Gasteiger partial charge in [-0.3, -0.25) is 13.9 Å². The van der Waals surface area contributed by atoms with Crippen molar-refractivity contribution in [2.75, 3.05) is 25.0 Å². The third-order valence-corrected chi connectivity index (χ3v) is 8.69. The quantitative estimate of drug-likeness (QED) is 0.336. The number of benzene rings is 3. The van der Waals surface area contributed by atoms with E-state index in [4.69, 9.17) is 27.9 Å². The van der Waals surface area contributed by atoms with Gasteiger partial charge >= 0.3 is 0 Å². The fourth-order valence-corrected chi connectivity index (χ4v) is 5.93. The van der Waals surface area contributed by atoms with Gasteiger partial charge < -0.3 is 15.0 Å². The monoisotopic (exact) mass is 591 g/mol. The number of aryl methyl sites for hydroxylation is 1. The summed E-state index contributed by atoms with van der Waals surface area (Å²) in [7, 11) is -1.29. The number of nitrogens with one attached hydrogen (secondary N) is 1. The molecule has 0 spiro atoms. The molecule has 1 atom stereocenters. The molecular weight excluding hydrogens is 561 g/mol. The maximum Gasteiger partial charge on any atom is 0.264 e. The number of nitrogens with zero attached hydrogens (tertiary/aromatic N) is 2. The molecule has 3 aromatic carbocycles. The van der Waals surface area contributed by atoms with Gasteiger partial charge in [0.2, 0.25) is 11.8 Å². The summed E-state index contributed by atoms with van der Waals surface area (Å²) in [4.78, 5) is 28.1. The van der Waals surface area contributed by atoms with Crippen LogP contribution in [0.25, 0.3) is 0 Å². The fraction of sp³-hybridized carbons (Fsp3) is 0.286. The second-order valence-electron chi connectivity index (χ2n) is 8.79. The van der Waals surface area contributed by atoms with Crippen LogP contribution in [0.4, 0.5) is 5.69 Å². The van der Waals surface area contributed by atoms with Crippen LogP contribution in [0, 0.1) is 6.92 Å². The predicted octanol–water partition coefficient (Wildman–Crippen LogP) is 5.06. The van der Waals surface area contributed by atoms with Crippen molar-refractivity contribution in [3.8, 4) is 5.75 Å². The number of halogens is 2. The topological polar surface area (TPSA) is 96.0 Å². The highest BCUT2D eigenvalue weighted by molar-refractivity contribution is 7.92. The Morgan fingerprint density at radius 2 is 1.67 bits per heavy atom. The van der Waals surface area contributed by atoms with Crippen molar-refractivity contribution in [2.24, 2.45) is 0 Å². The van der Waals surface area contributed by atoms with Crippen LogP contribution in [0.5, 0.6) is 5.75 Å². The zero-order valence-electron chi connectivity index (χ0n) is 22.1. The molecule has 3 rings (SSSR count). The number of hydrogen-bond donors (Lipinski definition) is 1. The molecule has 3 aromatic rings. The molecule has 0 bridgehead atoms. The van der Waals surface area contributed by atoms with Crippen LogP contribution >= 0.6 is 23.2 Å². The van der Waals surface area contributed by atoms with Crippen molar-refractivity contribution < 1.29 is 22.7 Å². The van der Waals surface area contributed by atoms with E-state index in [1.807, 2.05) is 6.92 Å². The lowest BCUT2D eigenvalue weighted by molar-refractivity contribution is -0.140. The number of hydrogen-bond acceptors (Lipinski definition) is 5. The smallest absolute Gasteiger partial charge is 0.264 e. The van der Waals surface area contributed by atoms with E-state index in [1.165, 1.54) is 49.4 Å². The van der Waals surface area contributed by atoms with Gasteiger partial charge in [0.15, 0.2) is 0 Å². The summed E-state index contributed by atoms with van der Waals surface area (Å²) in [5.74, 6) is -0.614. The minimum atomic E-state index is -4.22. The first-order valence-electron chi connectivity index (χ1n) is 12.2. The zero-order valence-corrected chi connectivity index (χ0v) is 24.5. The van der Waals surface area contributed by atoms with Gasteiger partial charge in [-0.1, -0.05) is 66.0 Å². The molecule has 11 heteroatoms. The molecule has 0 radical (unpaired) electrons. The minimum absolute atomic E-state index is 0.00355. The van der Waals surface area contributed by atoms with E-state index in [1.54, 1.807) is 43.3 Å². The Bertz CT molecular complexity index is 1430. The number of rotatable bonds is 11. The number of anilines is 1. The summed E-state index contributed by atoms with van der Waals surface area (Å²) in [6.07, 6.45) is 0.301. The summed E-state index contributed by atoms with van der Waals surface area (Å²) in [5, 5.41) is 3.19. The summed E-state index contributed by atoms with van der Waals surface area (Å²) in [5.41, 5.74) is 1.67. The Balaban J connectivity index is 2.11. The van der Waals surface area contributed by atoms with E-state index in [0.717, 1.165) is 9.87 Å². The largest absolute Gasteiger partial charge is 0.495 e. The normalized spacial score (nSPS) is 11.9. The molecular formula is C28H31Cl2N3O5S. The first-order valence-corrected chi connectivity index (χ1v) is 14.4. The van der Waals surface area contributed by atoms with Crippen LogP contribution in [0.2, 0.25) is 10.0 Å². The molecule has 0 saturated carbocycles. The molecule has 39 heavy (non-hydrogen) atoms. The van der Waals surface area contributed by atoms with E-state index in [0.29, 0.717) is 22.8 Å². The van der Waals surface area contributed by atoms with Gasteiger partial charge in [0.05, 0.1) is 22.7 Å². The molecule has 0 fully saturated rings. The number of carbonyl (C=O) groups is 2. The first kappa shape index (κ1) is 30.3. The van der Waals surface area contributed by atoms with E-state index >= 15 is 0 Å². The minimum Gasteiger partial charge on any atom is -0.495 e. The second-order valence-corrected chi connectivity index (χ2v) is 11.5. The predicted molar refractivity (Wildman–Crippen MR) is 154 cm³/mol. The molecule has 0 aromatic heterocycles. The number of sulfonamides is 1. The number of carbonyl (C=O) groups excluding carboxylic acids is 2. The molecule has 0 unspecified atom stereocenters. The summed E-state index contributed by atoms with van der Waals surface area (Å²) < 4.78 is 34.0. The Kier molecular flexibility index (Phi) is 10.2. The van der Waals surface area contributed by atoms with Crippen LogP contribution in [0.3, 0.4) is 0 Å². The van der Waals surface area contributed by atoms with Gasteiger partial charge in [-0.15, -0.1) is 0 Å². The van der Waals surface area contributed by atoms with Crippen LogP contribution in [-0.2, 0) is 26.2 Å². The molecule has 1 N–H and O–H groups in total. The molecule has 0 aliphatic rings. The molecule has 0 aliphatic heterocycles. The van der Waals surface area contributed by atoms with Gasteiger partial charge in [-0.25, -0.2) is 8.42 Å². The number of likely N-dealkylation sites (N-methyl/N-ethyl adjacent to an activating group) is 1. The highest BCUT2D eigenvalue weighted by atomic mass is 35.5. The third-order valence-electron chi connectivity index (χ3n) is 6.24. The standard InChI is InChI=1S/C28H31Cl2N3O5S/c1-5-25(28(35)31-3)32(17-20-8-6-7-9-23(20)29)27(34)18-33(21-12-15-26(38-4)24(30)16-21)39(36,37)22-13-10-19(2)11-14-22/h6-16,25H,5,17-18H2,1-4H3,(H,31,35)/t25-/m0/s1. The SMILES string of the molecule is CC[C@@H](C(=O)NC)N(Cc1ccccc1Cl)C(=O)CN(c1ccc(OC)c(Cl)c1)S(=O)(=O)c1ccc(C)cc1. The molecule has 208 valence electrons. The van der Waals surface area contributed by atoms with E-state index in [9.17, 15) is 18.0 Å². The lowest BCUT2D eigenvalue weighted by Crippen LogP contribution is -2.51. The van der Waals surface area contributed by atoms with E-state index in [2.05, 4.69) is 5.32 Å². The second kappa shape index (κ2) is 13.2. The van der Waals surface area contributed by atoms with Crippen LogP contribution < -0.4 is 14.4 Å². The van der Waals surface area contributed by atoms with Gasteiger partial charge in [0.1, 0.15) is 18.3 Å². The van der Waals surface area contributed by atoms with Crippen LogP contribution in [0.1, 0.15) is 24.5 Å².